The Morgan fingerprint density at radius 1 is 1.11 bits per heavy atom. The lowest BCUT2D eigenvalue weighted by Crippen LogP contribution is -2.30. The molecule has 1 aliphatic rings. The van der Waals surface area contributed by atoms with E-state index in [4.69, 9.17) is 33.3 Å². The van der Waals surface area contributed by atoms with Gasteiger partial charge in [0.15, 0.2) is 11.5 Å². The summed E-state index contributed by atoms with van der Waals surface area (Å²) in [6.07, 6.45) is 0. The molecule has 7 nitrogen and oxygen atoms in total. The number of ether oxygens (including phenoxy) is 1. The number of phenols is 2. The highest BCUT2D eigenvalue weighted by atomic mass is 35.5. The predicted octanol–water partition coefficient (Wildman–Crippen LogP) is 4.44. The van der Waals surface area contributed by atoms with E-state index in [-0.39, 0.29) is 23.3 Å². The van der Waals surface area contributed by atoms with Gasteiger partial charge in [-0.2, -0.15) is 5.26 Å². The molecule has 0 bridgehead atoms. The zero-order valence-corrected chi connectivity index (χ0v) is 15.6. The number of hydrogen-bond acceptors (Lipinski definition) is 6. The van der Waals surface area contributed by atoms with Crippen LogP contribution in [0.4, 0.5) is 0 Å². The molecule has 140 valence electrons. The van der Waals surface area contributed by atoms with Gasteiger partial charge in [-0.15, -0.1) is 5.10 Å². The third kappa shape index (κ3) is 2.83. The zero-order valence-electron chi connectivity index (χ0n) is 14.1. The number of hydrogen-bond donors (Lipinski definition) is 4. The minimum absolute atomic E-state index is 0.162. The molecular weight excluding hydrogens is 403 g/mol. The van der Waals surface area contributed by atoms with Crippen LogP contribution in [-0.2, 0) is 0 Å². The summed E-state index contributed by atoms with van der Waals surface area (Å²) >= 11 is 12.1. The number of fused-ring (bicyclic) bond motifs is 1. The highest BCUT2D eigenvalue weighted by Gasteiger charge is 2.41. The first-order chi connectivity index (χ1) is 13.4. The van der Waals surface area contributed by atoms with Gasteiger partial charge in [0.25, 0.3) is 0 Å². The number of nitrogens with zero attached hydrogens (tertiary/aromatic N) is 2. The molecule has 0 aliphatic carbocycles. The normalized spacial score (nSPS) is 18.2. The first kappa shape index (κ1) is 18.2. The van der Waals surface area contributed by atoms with Gasteiger partial charge in [0.2, 0.25) is 11.8 Å². The van der Waals surface area contributed by atoms with Crippen LogP contribution in [0.1, 0.15) is 17.0 Å². The van der Waals surface area contributed by atoms with Gasteiger partial charge in [-0.3, -0.25) is 10.5 Å². The van der Waals surface area contributed by atoms with Crippen molar-refractivity contribution in [1.29, 1.82) is 10.7 Å². The maximum atomic E-state index is 9.93. The summed E-state index contributed by atoms with van der Waals surface area (Å²) in [6.45, 7) is 0. The number of nitriles is 1. The second-order valence-electron chi connectivity index (χ2n) is 6.25. The molecule has 3 aromatic rings. The molecule has 0 radical (unpaired) electrons. The predicted molar refractivity (Wildman–Crippen MR) is 103 cm³/mol. The van der Waals surface area contributed by atoms with E-state index in [0.29, 0.717) is 32.4 Å². The van der Waals surface area contributed by atoms with E-state index in [2.05, 4.69) is 16.3 Å². The van der Waals surface area contributed by atoms with Crippen molar-refractivity contribution in [2.24, 2.45) is 5.92 Å². The molecule has 4 rings (SSSR count). The second kappa shape index (κ2) is 6.75. The van der Waals surface area contributed by atoms with Crippen molar-refractivity contribution in [3.8, 4) is 34.7 Å². The minimum Gasteiger partial charge on any atom is -0.504 e. The Bertz CT molecular complexity index is 1150. The highest BCUT2D eigenvalue weighted by Crippen LogP contribution is 2.47. The smallest absolute Gasteiger partial charge is 0.244 e. The summed E-state index contributed by atoms with van der Waals surface area (Å²) in [5.74, 6) is -2.30. The Balaban J connectivity index is 1.95. The van der Waals surface area contributed by atoms with Crippen molar-refractivity contribution in [2.45, 2.75) is 5.92 Å². The number of rotatable bonds is 2. The number of benzene rings is 2. The lowest BCUT2D eigenvalue weighted by atomic mass is 9.78. The number of aromatic nitrogens is 2. The van der Waals surface area contributed by atoms with Gasteiger partial charge in [0.05, 0.1) is 27.4 Å². The molecular formula is C19H12Cl2N4O3. The number of nitrogens with one attached hydrogen (secondary N) is 2. The third-order valence-corrected chi connectivity index (χ3v) is 5.35. The number of aromatic hydroxyl groups is 2. The van der Waals surface area contributed by atoms with Gasteiger partial charge in [0.1, 0.15) is 5.92 Å². The van der Waals surface area contributed by atoms with E-state index in [0.717, 1.165) is 0 Å². The van der Waals surface area contributed by atoms with Gasteiger partial charge < -0.3 is 14.9 Å². The molecule has 4 N–H and O–H groups in total. The van der Waals surface area contributed by atoms with Gasteiger partial charge in [-0.25, -0.2) is 0 Å². The molecule has 0 saturated carbocycles. The van der Waals surface area contributed by atoms with E-state index >= 15 is 0 Å². The maximum Gasteiger partial charge on any atom is 0.244 e. The molecule has 2 heterocycles. The van der Waals surface area contributed by atoms with Gasteiger partial charge in [-0.05, 0) is 29.8 Å². The fourth-order valence-corrected chi connectivity index (χ4v) is 3.58. The summed E-state index contributed by atoms with van der Waals surface area (Å²) in [5.41, 5.74) is 2.30. The molecule has 0 amide bonds. The fourth-order valence-electron chi connectivity index (χ4n) is 3.28. The van der Waals surface area contributed by atoms with E-state index < -0.39 is 11.8 Å². The summed E-state index contributed by atoms with van der Waals surface area (Å²) in [5, 5.41) is 45.1. The van der Waals surface area contributed by atoms with Crippen molar-refractivity contribution in [3.05, 3.63) is 57.6 Å². The zero-order chi connectivity index (χ0) is 20.0. The highest BCUT2D eigenvalue weighted by molar-refractivity contribution is 6.42. The average molecular weight is 415 g/mol. The maximum absolute atomic E-state index is 9.93. The molecule has 0 spiro atoms. The van der Waals surface area contributed by atoms with E-state index in [1.165, 1.54) is 12.1 Å². The van der Waals surface area contributed by atoms with Crippen LogP contribution in [0.5, 0.6) is 17.4 Å². The topological polar surface area (TPSA) is 126 Å². The molecule has 1 aromatic heterocycles. The van der Waals surface area contributed by atoms with Crippen LogP contribution in [-0.4, -0.2) is 26.3 Å². The quantitative estimate of drug-likeness (QED) is 0.461. The first-order valence-corrected chi connectivity index (χ1v) is 8.87. The van der Waals surface area contributed by atoms with Crippen LogP contribution in [0.3, 0.4) is 0 Å². The molecule has 0 saturated heterocycles. The molecule has 28 heavy (non-hydrogen) atoms. The van der Waals surface area contributed by atoms with Crippen LogP contribution < -0.4 is 4.74 Å². The molecule has 2 unspecified atom stereocenters. The number of H-pyrrole nitrogens is 1. The summed E-state index contributed by atoms with van der Waals surface area (Å²) in [6, 6.07) is 11.4. The van der Waals surface area contributed by atoms with Gasteiger partial charge >= 0.3 is 0 Å². The van der Waals surface area contributed by atoms with E-state index in [1.807, 2.05) is 0 Å². The third-order valence-electron chi connectivity index (χ3n) is 4.61. The van der Waals surface area contributed by atoms with Crippen molar-refractivity contribution in [2.75, 3.05) is 0 Å². The Hall–Kier alpha value is -3.21. The summed E-state index contributed by atoms with van der Waals surface area (Å²) in [4.78, 5) is 0. The van der Waals surface area contributed by atoms with Crippen molar-refractivity contribution >= 4 is 29.1 Å². The Labute approximate surface area is 169 Å². The molecule has 2 atom stereocenters. The van der Waals surface area contributed by atoms with E-state index in [9.17, 15) is 15.5 Å². The molecule has 2 aromatic carbocycles. The van der Waals surface area contributed by atoms with Crippen molar-refractivity contribution in [3.63, 3.8) is 0 Å². The largest absolute Gasteiger partial charge is 0.504 e. The van der Waals surface area contributed by atoms with Crippen LogP contribution in [0.25, 0.3) is 11.3 Å². The summed E-state index contributed by atoms with van der Waals surface area (Å²) in [7, 11) is 0. The lowest BCUT2D eigenvalue weighted by Gasteiger charge is -2.28. The Morgan fingerprint density at radius 2 is 1.89 bits per heavy atom. The number of phenolic OH excluding ortho intramolecular Hbond substituents is 2. The van der Waals surface area contributed by atoms with Crippen LogP contribution in [0, 0.1) is 22.7 Å². The van der Waals surface area contributed by atoms with Crippen LogP contribution in [0.15, 0.2) is 36.4 Å². The van der Waals surface area contributed by atoms with Gasteiger partial charge in [-0.1, -0.05) is 35.3 Å². The number of aromatic amines is 1. The van der Waals surface area contributed by atoms with Gasteiger partial charge in [0, 0.05) is 11.5 Å². The van der Waals surface area contributed by atoms with Crippen LogP contribution >= 0.6 is 23.2 Å². The Morgan fingerprint density at radius 3 is 2.57 bits per heavy atom. The van der Waals surface area contributed by atoms with Crippen molar-refractivity contribution < 1.29 is 14.9 Å². The standard InChI is InChI=1S/C19H12Cl2N4O3/c20-11-3-1-9(5-12(11)21)17-16-15(8-2-4-13(26)14(27)6-8)10(7-22)18(23)28-19(16)25-24-17/h1-6,10,15,23,26-27H,(H,24,25). The monoisotopic (exact) mass is 414 g/mol. The average Bonchev–Trinajstić information content (AvgIpc) is 3.08. The first-order valence-electron chi connectivity index (χ1n) is 8.12. The molecule has 0 fully saturated rings. The van der Waals surface area contributed by atoms with E-state index in [1.54, 1.807) is 24.3 Å². The Kier molecular flexibility index (Phi) is 4.38. The second-order valence-corrected chi connectivity index (χ2v) is 7.06. The van der Waals surface area contributed by atoms with Crippen molar-refractivity contribution in [1.82, 2.24) is 10.2 Å². The molecule has 1 aliphatic heterocycles. The minimum atomic E-state index is -0.949. The number of halogens is 2. The molecule has 9 heteroatoms. The van der Waals surface area contributed by atoms with Crippen LogP contribution in [0.2, 0.25) is 10.0 Å². The lowest BCUT2D eigenvalue weighted by molar-refractivity contribution is 0.401. The summed E-state index contributed by atoms with van der Waals surface area (Å²) < 4.78 is 5.44. The SMILES string of the molecule is N#CC1C(=N)Oc2n[nH]c(-c3ccc(Cl)c(Cl)c3)c2C1c1ccc(O)c(O)c1. The fraction of sp³-hybridized carbons (Fsp3) is 0.105.